The standard InChI is InChI=1S/C19H18ClN5O3/c1-9(8-24(2)3)25-18(27)10-6-13-14(7-11(10)19(25)28)23-16(22-13)15-12(20)4-5-21-17(15)26/h4-7,9H,8H2,1-3H3,(H,21,26)(H,22,23)/t9-/m0/s1. The minimum atomic E-state index is -0.380. The number of benzene rings is 1. The predicted molar refractivity (Wildman–Crippen MR) is 106 cm³/mol. The van der Waals surface area contributed by atoms with Gasteiger partial charge in [0.2, 0.25) is 0 Å². The van der Waals surface area contributed by atoms with Gasteiger partial charge in [0, 0.05) is 12.7 Å². The van der Waals surface area contributed by atoms with Crippen molar-refractivity contribution in [2.24, 2.45) is 0 Å². The molecule has 1 aliphatic heterocycles. The molecule has 1 aliphatic rings. The fourth-order valence-electron chi connectivity index (χ4n) is 3.57. The molecule has 2 aromatic heterocycles. The number of imidazole rings is 1. The van der Waals surface area contributed by atoms with Crippen LogP contribution in [0.15, 0.2) is 29.2 Å². The Morgan fingerprint density at radius 2 is 1.86 bits per heavy atom. The van der Waals surface area contributed by atoms with Crippen molar-refractivity contribution >= 4 is 34.4 Å². The number of pyridine rings is 1. The quantitative estimate of drug-likeness (QED) is 0.654. The Morgan fingerprint density at radius 1 is 1.18 bits per heavy atom. The molecule has 0 spiro atoms. The summed E-state index contributed by atoms with van der Waals surface area (Å²) in [5.74, 6) is -0.386. The Morgan fingerprint density at radius 3 is 2.50 bits per heavy atom. The highest BCUT2D eigenvalue weighted by Crippen LogP contribution is 2.30. The summed E-state index contributed by atoms with van der Waals surface area (Å²) in [5, 5.41) is 0.256. The van der Waals surface area contributed by atoms with Crippen LogP contribution < -0.4 is 5.56 Å². The first-order chi connectivity index (χ1) is 13.3. The summed E-state index contributed by atoms with van der Waals surface area (Å²) >= 11 is 6.14. The molecule has 0 aliphatic carbocycles. The zero-order chi connectivity index (χ0) is 20.2. The number of imide groups is 1. The van der Waals surface area contributed by atoms with E-state index in [1.54, 1.807) is 18.2 Å². The highest BCUT2D eigenvalue weighted by molar-refractivity contribution is 6.33. The molecule has 3 aromatic rings. The maximum absolute atomic E-state index is 12.8. The van der Waals surface area contributed by atoms with Crippen molar-refractivity contribution in [3.05, 3.63) is 50.9 Å². The molecule has 2 N–H and O–H groups in total. The number of halogens is 1. The van der Waals surface area contributed by atoms with Crippen molar-refractivity contribution in [3.8, 4) is 11.4 Å². The second kappa shape index (κ2) is 6.57. The van der Waals surface area contributed by atoms with Crippen LogP contribution in [0.4, 0.5) is 0 Å². The van der Waals surface area contributed by atoms with Gasteiger partial charge in [-0.1, -0.05) is 11.6 Å². The summed E-state index contributed by atoms with van der Waals surface area (Å²) < 4.78 is 0. The van der Waals surface area contributed by atoms with Crippen molar-refractivity contribution < 1.29 is 9.59 Å². The maximum atomic E-state index is 12.8. The van der Waals surface area contributed by atoms with E-state index in [1.165, 1.54) is 11.1 Å². The number of nitrogens with zero attached hydrogens (tertiary/aromatic N) is 3. The van der Waals surface area contributed by atoms with Crippen molar-refractivity contribution in [2.75, 3.05) is 20.6 Å². The van der Waals surface area contributed by atoms with Crippen LogP contribution in [0.2, 0.25) is 5.02 Å². The number of fused-ring (bicyclic) bond motifs is 2. The average Bonchev–Trinajstić information content (AvgIpc) is 3.11. The highest BCUT2D eigenvalue weighted by atomic mass is 35.5. The third-order valence-electron chi connectivity index (χ3n) is 4.74. The van der Waals surface area contributed by atoms with Gasteiger partial charge in [0.15, 0.2) is 0 Å². The van der Waals surface area contributed by atoms with Crippen molar-refractivity contribution in [1.29, 1.82) is 0 Å². The van der Waals surface area contributed by atoms with Gasteiger partial charge in [-0.3, -0.25) is 19.3 Å². The van der Waals surface area contributed by atoms with Crippen LogP contribution >= 0.6 is 11.6 Å². The molecule has 0 bridgehead atoms. The number of amides is 2. The van der Waals surface area contributed by atoms with Gasteiger partial charge in [-0.15, -0.1) is 0 Å². The molecule has 2 amide bonds. The van der Waals surface area contributed by atoms with E-state index < -0.39 is 0 Å². The number of aromatic amines is 2. The first kappa shape index (κ1) is 18.4. The molecular weight excluding hydrogens is 382 g/mol. The van der Waals surface area contributed by atoms with E-state index in [9.17, 15) is 14.4 Å². The summed E-state index contributed by atoms with van der Waals surface area (Å²) in [6.45, 7) is 2.41. The fraction of sp³-hybridized carbons (Fsp3) is 0.263. The first-order valence-electron chi connectivity index (χ1n) is 8.72. The van der Waals surface area contributed by atoms with Crippen molar-refractivity contribution in [1.82, 2.24) is 24.8 Å². The molecule has 144 valence electrons. The van der Waals surface area contributed by atoms with Crippen LogP contribution in [0, 0.1) is 0 Å². The lowest BCUT2D eigenvalue weighted by atomic mass is 10.1. The molecule has 1 aromatic carbocycles. The van der Waals surface area contributed by atoms with E-state index in [2.05, 4.69) is 15.0 Å². The van der Waals surface area contributed by atoms with E-state index >= 15 is 0 Å². The van der Waals surface area contributed by atoms with E-state index in [4.69, 9.17) is 11.6 Å². The largest absolute Gasteiger partial charge is 0.338 e. The number of hydrogen-bond donors (Lipinski definition) is 2. The smallest absolute Gasteiger partial charge is 0.261 e. The minimum Gasteiger partial charge on any atom is -0.338 e. The van der Waals surface area contributed by atoms with Crippen LogP contribution in [0.5, 0.6) is 0 Å². The molecule has 4 rings (SSSR count). The predicted octanol–water partition coefficient (Wildman–Crippen LogP) is 2.12. The van der Waals surface area contributed by atoms with E-state index in [1.807, 2.05) is 25.9 Å². The second-order valence-corrected chi connectivity index (χ2v) is 7.53. The number of carbonyl (C=O) groups excluding carboxylic acids is 2. The maximum Gasteiger partial charge on any atom is 0.261 e. The summed E-state index contributed by atoms with van der Waals surface area (Å²) in [6.07, 6.45) is 1.45. The lowest BCUT2D eigenvalue weighted by molar-refractivity contribution is 0.0576. The van der Waals surface area contributed by atoms with Crippen LogP contribution in [0.3, 0.4) is 0 Å². The minimum absolute atomic E-state index is 0.208. The number of likely N-dealkylation sites (N-methyl/N-ethyl adjacent to an activating group) is 1. The number of aromatic nitrogens is 3. The van der Waals surface area contributed by atoms with Crippen LogP contribution in [-0.2, 0) is 0 Å². The van der Waals surface area contributed by atoms with Gasteiger partial charge >= 0.3 is 0 Å². The Balaban J connectivity index is 1.79. The van der Waals surface area contributed by atoms with Gasteiger partial charge in [-0.25, -0.2) is 4.98 Å². The van der Waals surface area contributed by atoms with Gasteiger partial charge < -0.3 is 14.9 Å². The molecule has 9 heteroatoms. The Labute approximate surface area is 165 Å². The molecule has 0 radical (unpaired) electrons. The van der Waals surface area contributed by atoms with Crippen molar-refractivity contribution in [2.45, 2.75) is 13.0 Å². The molecule has 0 saturated carbocycles. The third-order valence-corrected chi connectivity index (χ3v) is 5.05. The van der Waals surface area contributed by atoms with Gasteiger partial charge in [0.05, 0.1) is 33.2 Å². The van der Waals surface area contributed by atoms with Gasteiger partial charge in [0.25, 0.3) is 17.4 Å². The normalized spacial score (nSPS) is 15.0. The fourth-order valence-corrected chi connectivity index (χ4v) is 3.80. The molecule has 8 nitrogen and oxygen atoms in total. The molecule has 3 heterocycles. The molecular formula is C19H18ClN5O3. The number of hydrogen-bond acceptors (Lipinski definition) is 5. The Hall–Kier alpha value is -2.97. The van der Waals surface area contributed by atoms with Gasteiger partial charge in [-0.05, 0) is 39.2 Å². The Bertz CT molecular complexity index is 1130. The van der Waals surface area contributed by atoms with Crippen LogP contribution in [0.1, 0.15) is 27.6 Å². The molecule has 0 unspecified atom stereocenters. The van der Waals surface area contributed by atoms with Crippen LogP contribution in [-0.4, -0.2) is 63.2 Å². The van der Waals surface area contributed by atoms with Crippen molar-refractivity contribution in [3.63, 3.8) is 0 Å². The van der Waals surface area contributed by atoms with E-state index in [0.717, 1.165) is 0 Å². The average molecular weight is 400 g/mol. The number of H-pyrrole nitrogens is 2. The number of carbonyl (C=O) groups is 2. The van der Waals surface area contributed by atoms with Gasteiger partial charge in [-0.2, -0.15) is 0 Å². The topological polar surface area (TPSA) is 102 Å². The monoisotopic (exact) mass is 399 g/mol. The summed E-state index contributed by atoms with van der Waals surface area (Å²) in [4.78, 5) is 51.0. The third kappa shape index (κ3) is 2.81. The second-order valence-electron chi connectivity index (χ2n) is 7.12. The summed E-state index contributed by atoms with van der Waals surface area (Å²) in [7, 11) is 3.78. The number of rotatable bonds is 4. The lowest BCUT2D eigenvalue weighted by Crippen LogP contribution is -2.43. The summed E-state index contributed by atoms with van der Waals surface area (Å²) in [6, 6.07) is 4.49. The summed E-state index contributed by atoms with van der Waals surface area (Å²) in [5.41, 5.74) is 1.50. The zero-order valence-corrected chi connectivity index (χ0v) is 16.3. The molecule has 1 atom stereocenters. The van der Waals surface area contributed by atoms with E-state index in [-0.39, 0.29) is 39.8 Å². The Kier molecular flexibility index (Phi) is 4.32. The molecule has 28 heavy (non-hydrogen) atoms. The first-order valence-corrected chi connectivity index (χ1v) is 9.09. The lowest BCUT2D eigenvalue weighted by Gasteiger charge is -2.25. The zero-order valence-electron chi connectivity index (χ0n) is 15.5. The highest BCUT2D eigenvalue weighted by Gasteiger charge is 2.39. The van der Waals surface area contributed by atoms with Crippen LogP contribution in [0.25, 0.3) is 22.4 Å². The molecule has 0 fully saturated rings. The molecule has 0 saturated heterocycles. The number of nitrogens with one attached hydrogen (secondary N) is 2. The SMILES string of the molecule is C[C@@H](CN(C)C)N1C(=O)c2cc3nc(-c4c(Cl)cc[nH]c4=O)[nH]c3cc2C1=O. The van der Waals surface area contributed by atoms with Gasteiger partial charge in [0.1, 0.15) is 11.4 Å². The van der Waals surface area contributed by atoms with E-state index in [0.29, 0.717) is 28.7 Å².